The molecule has 1 aromatic rings. The van der Waals surface area contributed by atoms with Crippen molar-refractivity contribution in [2.45, 2.75) is 45.6 Å². The van der Waals surface area contributed by atoms with Crippen LogP contribution in [0.4, 0.5) is 4.39 Å². The van der Waals surface area contributed by atoms with E-state index in [0.29, 0.717) is 5.56 Å². The molecule has 0 aliphatic rings. The molecule has 0 aromatic heterocycles. The highest BCUT2D eigenvalue weighted by molar-refractivity contribution is 5.68. The molecule has 18 heavy (non-hydrogen) atoms. The van der Waals surface area contributed by atoms with E-state index >= 15 is 0 Å². The van der Waals surface area contributed by atoms with E-state index in [-0.39, 0.29) is 18.3 Å². The third-order valence-electron chi connectivity index (χ3n) is 2.67. The van der Waals surface area contributed by atoms with Gasteiger partial charge in [0.2, 0.25) is 0 Å². The number of hydrogen-bond acceptors (Lipinski definition) is 2. The monoisotopic (exact) mass is 254 g/mol. The zero-order chi connectivity index (χ0) is 13.9. The molecule has 0 aliphatic heterocycles. The molecule has 0 spiro atoms. The van der Waals surface area contributed by atoms with Gasteiger partial charge in [0.15, 0.2) is 11.6 Å². The van der Waals surface area contributed by atoms with Gasteiger partial charge in [-0.15, -0.1) is 0 Å². The van der Waals surface area contributed by atoms with Crippen LogP contribution >= 0.6 is 0 Å². The summed E-state index contributed by atoms with van der Waals surface area (Å²) in [5.41, 5.74) is 0.0433. The summed E-state index contributed by atoms with van der Waals surface area (Å²) in [6, 6.07) is 4.61. The maximum atomic E-state index is 13.8. The Morgan fingerprint density at radius 2 is 2.06 bits per heavy atom. The van der Waals surface area contributed by atoms with Crippen molar-refractivity contribution in [1.82, 2.24) is 0 Å². The van der Waals surface area contributed by atoms with Crippen molar-refractivity contribution < 1.29 is 19.0 Å². The first kappa shape index (κ1) is 14.5. The van der Waals surface area contributed by atoms with Gasteiger partial charge in [-0.25, -0.2) is 4.39 Å². The highest BCUT2D eigenvalue weighted by Gasteiger charge is 2.25. The van der Waals surface area contributed by atoms with Crippen LogP contribution in [0.15, 0.2) is 18.2 Å². The molecule has 0 bridgehead atoms. The summed E-state index contributed by atoms with van der Waals surface area (Å²) in [5, 5.41) is 8.83. The number of carbonyl (C=O) groups is 1. The highest BCUT2D eigenvalue weighted by Crippen LogP contribution is 2.30. The lowest BCUT2D eigenvalue weighted by Gasteiger charge is -2.23. The fraction of sp³-hybridized carbons (Fsp3) is 0.500. The maximum absolute atomic E-state index is 13.8. The van der Waals surface area contributed by atoms with Crippen molar-refractivity contribution in [3.8, 4) is 5.75 Å². The Bertz CT molecular complexity index is 439. The van der Waals surface area contributed by atoms with Gasteiger partial charge in [-0.05, 0) is 31.5 Å². The summed E-state index contributed by atoms with van der Waals surface area (Å²) in [7, 11) is 0. The molecule has 0 unspecified atom stereocenters. The largest absolute Gasteiger partial charge is 0.488 e. The Balaban J connectivity index is 2.99. The van der Waals surface area contributed by atoms with Gasteiger partial charge in [0.1, 0.15) is 0 Å². The molecule has 0 radical (unpaired) electrons. The van der Waals surface area contributed by atoms with Gasteiger partial charge in [-0.3, -0.25) is 4.79 Å². The van der Waals surface area contributed by atoms with Crippen LogP contribution in [-0.2, 0) is 10.2 Å². The molecule has 0 saturated heterocycles. The first-order chi connectivity index (χ1) is 8.22. The molecule has 0 atom stereocenters. The number of halogens is 1. The molecule has 1 aromatic carbocycles. The quantitative estimate of drug-likeness (QED) is 0.876. The Morgan fingerprint density at radius 3 is 2.50 bits per heavy atom. The van der Waals surface area contributed by atoms with Gasteiger partial charge >= 0.3 is 5.97 Å². The van der Waals surface area contributed by atoms with E-state index in [4.69, 9.17) is 9.84 Å². The zero-order valence-corrected chi connectivity index (χ0v) is 11.2. The molecule has 4 heteroatoms. The molecular formula is C14H19FO3. The number of benzene rings is 1. The predicted molar refractivity (Wildman–Crippen MR) is 67.4 cm³/mol. The third kappa shape index (κ3) is 3.72. The molecule has 1 N–H and O–H groups in total. The Labute approximate surface area is 107 Å². The molecule has 0 aliphatic carbocycles. The maximum Gasteiger partial charge on any atom is 0.304 e. The van der Waals surface area contributed by atoms with E-state index in [1.54, 1.807) is 26.0 Å². The Morgan fingerprint density at radius 1 is 1.44 bits per heavy atom. The molecule has 0 fully saturated rings. The SMILES string of the molecule is CC(C)Oc1ccc(C(C)(C)CC(=O)O)cc1F. The fourth-order valence-corrected chi connectivity index (χ4v) is 1.75. The van der Waals surface area contributed by atoms with Crippen molar-refractivity contribution >= 4 is 5.97 Å². The van der Waals surface area contributed by atoms with Crippen LogP contribution in [0.5, 0.6) is 5.75 Å². The van der Waals surface area contributed by atoms with Crippen molar-refractivity contribution in [2.75, 3.05) is 0 Å². The second-order valence-electron chi connectivity index (χ2n) is 5.27. The van der Waals surface area contributed by atoms with Gasteiger partial charge in [-0.2, -0.15) is 0 Å². The summed E-state index contributed by atoms with van der Waals surface area (Å²) >= 11 is 0. The van der Waals surface area contributed by atoms with Crippen LogP contribution in [0.1, 0.15) is 39.7 Å². The van der Waals surface area contributed by atoms with E-state index in [1.807, 2.05) is 13.8 Å². The van der Waals surface area contributed by atoms with Crippen LogP contribution in [0.25, 0.3) is 0 Å². The van der Waals surface area contributed by atoms with Crippen LogP contribution in [0.2, 0.25) is 0 Å². The molecule has 0 heterocycles. The second-order valence-corrected chi connectivity index (χ2v) is 5.27. The zero-order valence-electron chi connectivity index (χ0n) is 11.2. The van der Waals surface area contributed by atoms with Crippen molar-refractivity contribution in [3.63, 3.8) is 0 Å². The highest BCUT2D eigenvalue weighted by atomic mass is 19.1. The summed E-state index contributed by atoms with van der Waals surface area (Å²) < 4.78 is 19.1. The Hall–Kier alpha value is -1.58. The normalized spacial score (nSPS) is 11.7. The van der Waals surface area contributed by atoms with Gasteiger partial charge in [0.05, 0.1) is 12.5 Å². The van der Waals surface area contributed by atoms with Crippen molar-refractivity contribution in [1.29, 1.82) is 0 Å². The summed E-state index contributed by atoms with van der Waals surface area (Å²) in [6.07, 6.45) is -0.144. The molecule has 100 valence electrons. The number of carboxylic acids is 1. The van der Waals surface area contributed by atoms with Crippen molar-refractivity contribution in [2.24, 2.45) is 0 Å². The lowest BCUT2D eigenvalue weighted by atomic mass is 9.81. The van der Waals surface area contributed by atoms with Crippen LogP contribution in [0, 0.1) is 5.82 Å². The number of carboxylic acid groups (broad SMARTS) is 1. The van der Waals surface area contributed by atoms with E-state index < -0.39 is 17.2 Å². The van der Waals surface area contributed by atoms with Crippen LogP contribution < -0.4 is 4.74 Å². The van der Waals surface area contributed by atoms with E-state index in [1.165, 1.54) is 6.07 Å². The van der Waals surface area contributed by atoms with Crippen molar-refractivity contribution in [3.05, 3.63) is 29.6 Å². The molecule has 3 nitrogen and oxygen atoms in total. The van der Waals surface area contributed by atoms with E-state index in [9.17, 15) is 9.18 Å². The minimum atomic E-state index is -0.900. The van der Waals surface area contributed by atoms with Crippen LogP contribution in [-0.4, -0.2) is 17.2 Å². The van der Waals surface area contributed by atoms with E-state index in [0.717, 1.165) is 0 Å². The predicted octanol–water partition coefficient (Wildman–Crippen LogP) is 3.37. The lowest BCUT2D eigenvalue weighted by Crippen LogP contribution is -2.22. The Kier molecular flexibility index (Phi) is 4.33. The average Bonchev–Trinajstić information content (AvgIpc) is 2.18. The number of rotatable bonds is 5. The molecular weight excluding hydrogens is 235 g/mol. The number of hydrogen-bond donors (Lipinski definition) is 1. The molecule has 0 amide bonds. The smallest absolute Gasteiger partial charge is 0.304 e. The average molecular weight is 254 g/mol. The number of ether oxygens (including phenoxy) is 1. The summed E-state index contributed by atoms with van der Waals surface area (Å²) in [5.74, 6) is -1.16. The topological polar surface area (TPSA) is 46.5 Å². The van der Waals surface area contributed by atoms with Gasteiger partial charge < -0.3 is 9.84 Å². The first-order valence-electron chi connectivity index (χ1n) is 5.91. The summed E-state index contributed by atoms with van der Waals surface area (Å²) in [6.45, 7) is 7.20. The standard InChI is InChI=1S/C14H19FO3/c1-9(2)18-12-6-5-10(7-11(12)15)14(3,4)8-13(16)17/h5-7,9H,8H2,1-4H3,(H,16,17). The number of aliphatic carboxylic acids is 1. The van der Waals surface area contributed by atoms with Gasteiger partial charge in [0.25, 0.3) is 0 Å². The summed E-state index contributed by atoms with van der Waals surface area (Å²) in [4.78, 5) is 10.8. The second kappa shape index (κ2) is 5.38. The first-order valence-corrected chi connectivity index (χ1v) is 5.91. The fourth-order valence-electron chi connectivity index (χ4n) is 1.75. The van der Waals surface area contributed by atoms with E-state index in [2.05, 4.69) is 0 Å². The molecule has 1 rings (SSSR count). The lowest BCUT2D eigenvalue weighted by molar-refractivity contribution is -0.138. The van der Waals surface area contributed by atoms with Gasteiger partial charge in [0, 0.05) is 5.41 Å². The van der Waals surface area contributed by atoms with Crippen LogP contribution in [0.3, 0.4) is 0 Å². The molecule has 0 saturated carbocycles. The minimum absolute atomic E-state index is 0.0448. The third-order valence-corrected chi connectivity index (χ3v) is 2.67. The van der Waals surface area contributed by atoms with Gasteiger partial charge in [-0.1, -0.05) is 19.9 Å². The minimum Gasteiger partial charge on any atom is -0.488 e.